The van der Waals surface area contributed by atoms with Crippen molar-refractivity contribution in [2.24, 2.45) is 0 Å². The maximum atomic E-state index is 11.9. The highest BCUT2D eigenvalue weighted by atomic mass is 17.0. The molecule has 4 heterocycles. The zero-order valence-corrected chi connectivity index (χ0v) is 28.1. The van der Waals surface area contributed by atoms with Crippen LogP contribution >= 0.6 is 0 Å². The number of rotatable bonds is 8. The van der Waals surface area contributed by atoms with Gasteiger partial charge in [-0.25, -0.2) is 0 Å². The second kappa shape index (κ2) is 12.6. The first kappa shape index (κ1) is 34.5. The fraction of sp³-hybridized carbons (Fsp3) is 0.316. The topological polar surface area (TPSA) is 223 Å². The third kappa shape index (κ3) is 5.22. The number of ether oxygens (including phenoxy) is 4. The second-order valence-corrected chi connectivity index (χ2v) is 13.9. The molecule has 0 bridgehead atoms. The van der Waals surface area contributed by atoms with Gasteiger partial charge in [0.05, 0.1) is 26.4 Å². The van der Waals surface area contributed by atoms with Gasteiger partial charge in [0, 0.05) is 11.1 Å². The zero-order chi connectivity index (χ0) is 37.5. The maximum absolute atomic E-state index is 11.9. The van der Waals surface area contributed by atoms with Gasteiger partial charge in [-0.2, -0.15) is 0 Å². The molecule has 16 heteroatoms. The molecule has 4 N–H and O–H groups in total. The Hall–Kier alpha value is -5.30. The van der Waals surface area contributed by atoms with Crippen molar-refractivity contribution in [1.29, 1.82) is 0 Å². The van der Waals surface area contributed by atoms with Crippen molar-refractivity contribution < 1.29 is 59.2 Å². The van der Waals surface area contributed by atoms with E-state index >= 15 is 0 Å². The summed E-state index contributed by atoms with van der Waals surface area (Å²) < 4.78 is 22.7. The smallest absolute Gasteiger partial charge is 0.299 e. The van der Waals surface area contributed by atoms with E-state index in [2.05, 4.69) is 0 Å². The third-order valence-electron chi connectivity index (χ3n) is 11.0. The lowest BCUT2D eigenvalue weighted by molar-refractivity contribution is -0.710. The van der Waals surface area contributed by atoms with Crippen LogP contribution in [-0.2, 0) is 30.1 Å². The number of aliphatic hydroxyl groups is 4. The molecule has 54 heavy (non-hydrogen) atoms. The van der Waals surface area contributed by atoms with E-state index in [0.29, 0.717) is 43.8 Å². The Morgan fingerprint density at radius 2 is 0.963 bits per heavy atom. The first-order chi connectivity index (χ1) is 26.0. The van der Waals surface area contributed by atoms with Gasteiger partial charge in [0.2, 0.25) is 0 Å². The van der Waals surface area contributed by atoms with Gasteiger partial charge in [0.25, 0.3) is 10.2 Å². The minimum Gasteiger partial charge on any atom is -0.388 e. The predicted octanol–water partition coefficient (Wildman–Crippen LogP) is 3.16. The summed E-state index contributed by atoms with van der Waals surface area (Å²) >= 11 is 0. The summed E-state index contributed by atoms with van der Waals surface area (Å²) in [6, 6.07) is 23.5. The summed E-state index contributed by atoms with van der Waals surface area (Å²) in [4.78, 5) is 34.2. The molecule has 4 aliphatic heterocycles. The van der Waals surface area contributed by atoms with E-state index in [0.717, 1.165) is 0 Å². The number of fused-ring (bicyclic) bond motifs is 4. The van der Waals surface area contributed by atoms with Crippen LogP contribution in [0.25, 0.3) is 43.8 Å². The number of aliphatic hydroxyl groups excluding tert-OH is 2. The minimum absolute atomic E-state index is 0.0374. The normalized spacial score (nSPS) is 30.1. The molecule has 0 spiro atoms. The number of hydrogen-bond acceptors (Lipinski definition) is 14. The standard InChI is InChI=1S/C38H32N2O14/c41-27-15-49-35-33(27)51-17-37(35,43)19-9-11-25(29(13-19)53-39(45)46)31-21-5-1-2-6-22(21)32(24-8-4-3-7-23(24)31)26-12-10-20(14-30(26)54-40(47)48)38(44)18-52-34-28(42)16-50-36(34)38/h1-14,27-28,33-36,41-44H,15-18H2/t27-,28-,33-,34-,35+,36+,37+,38+/m1/s1. The van der Waals surface area contributed by atoms with Gasteiger partial charge < -0.3 is 39.4 Å². The van der Waals surface area contributed by atoms with Crippen molar-refractivity contribution in [3.63, 3.8) is 0 Å². The molecule has 5 aromatic rings. The summed E-state index contributed by atoms with van der Waals surface area (Å²) in [5, 5.41) is 68.4. The summed E-state index contributed by atoms with van der Waals surface area (Å²) in [5.74, 6) is -0.357. The lowest BCUT2D eigenvalue weighted by Gasteiger charge is -2.28. The molecule has 4 fully saturated rings. The highest BCUT2D eigenvalue weighted by molar-refractivity contribution is 6.22. The molecule has 0 amide bonds. The van der Waals surface area contributed by atoms with Crippen LogP contribution < -0.4 is 9.68 Å². The summed E-state index contributed by atoms with van der Waals surface area (Å²) in [7, 11) is 0. The average molecular weight is 741 g/mol. The minimum atomic E-state index is -1.73. The van der Waals surface area contributed by atoms with E-state index in [1.54, 1.807) is 48.5 Å². The molecule has 4 saturated heterocycles. The number of benzene rings is 5. The second-order valence-electron chi connectivity index (χ2n) is 13.9. The van der Waals surface area contributed by atoms with E-state index in [9.17, 15) is 40.7 Å². The van der Waals surface area contributed by atoms with E-state index in [1.807, 2.05) is 24.3 Å². The Morgan fingerprint density at radius 3 is 1.31 bits per heavy atom. The van der Waals surface area contributed by atoms with Crippen LogP contribution in [0.3, 0.4) is 0 Å². The zero-order valence-electron chi connectivity index (χ0n) is 28.1. The molecule has 9 rings (SSSR count). The van der Waals surface area contributed by atoms with Crippen LogP contribution in [0, 0.1) is 20.2 Å². The SMILES string of the molecule is O=[N+]([O-])Oc1cc([C@@]2(O)CO[C@@H]3[C@H](O)CO[C@@H]32)ccc1-c1c2ccccc2c(-c2ccc([C@@]3(O)CO[C@@H]4[C@H](O)CO[C@@H]43)cc2O[N+](=O)[O-])c2ccccc12. The molecule has 0 aromatic heterocycles. The Kier molecular flexibility index (Phi) is 8.07. The van der Waals surface area contributed by atoms with Crippen molar-refractivity contribution >= 4 is 21.5 Å². The summed E-state index contributed by atoms with van der Waals surface area (Å²) in [6.07, 6.45) is -5.25. The van der Waals surface area contributed by atoms with Crippen molar-refractivity contribution in [3.05, 3.63) is 116 Å². The maximum Gasteiger partial charge on any atom is 0.299 e. The van der Waals surface area contributed by atoms with Crippen LogP contribution in [0.2, 0.25) is 0 Å². The van der Waals surface area contributed by atoms with Crippen molar-refractivity contribution in [1.82, 2.24) is 0 Å². The monoisotopic (exact) mass is 740 g/mol. The van der Waals surface area contributed by atoms with E-state index in [-0.39, 0.29) is 49.1 Å². The number of nitrogens with zero attached hydrogens (tertiary/aromatic N) is 2. The van der Waals surface area contributed by atoms with Crippen molar-refractivity contribution in [3.8, 4) is 33.8 Å². The molecule has 0 unspecified atom stereocenters. The van der Waals surface area contributed by atoms with Crippen LogP contribution in [-0.4, -0.2) is 93.7 Å². The van der Waals surface area contributed by atoms with Gasteiger partial charge in [0.15, 0.2) is 0 Å². The first-order valence-electron chi connectivity index (χ1n) is 17.1. The Labute approximate surface area is 304 Å². The third-order valence-corrected chi connectivity index (χ3v) is 11.0. The Balaban J connectivity index is 1.23. The van der Waals surface area contributed by atoms with E-state index in [1.165, 1.54) is 12.1 Å². The fourth-order valence-corrected chi connectivity index (χ4v) is 8.53. The lowest BCUT2D eigenvalue weighted by Crippen LogP contribution is -2.41. The highest BCUT2D eigenvalue weighted by Crippen LogP contribution is 2.50. The molecule has 0 radical (unpaired) electrons. The van der Waals surface area contributed by atoms with Crippen LogP contribution in [0.1, 0.15) is 11.1 Å². The molecule has 8 atom stereocenters. The first-order valence-corrected chi connectivity index (χ1v) is 17.1. The van der Waals surface area contributed by atoms with Gasteiger partial charge >= 0.3 is 0 Å². The Bertz CT molecular complexity index is 2140. The van der Waals surface area contributed by atoms with Crippen molar-refractivity contribution in [2.45, 2.75) is 47.8 Å². The van der Waals surface area contributed by atoms with Gasteiger partial charge in [-0.1, -0.05) is 72.8 Å². The van der Waals surface area contributed by atoms with Gasteiger partial charge in [-0.3, -0.25) is 9.68 Å². The molecule has 0 saturated carbocycles. The van der Waals surface area contributed by atoms with Gasteiger partial charge in [-0.15, -0.1) is 20.2 Å². The molecular formula is C38H32N2O14. The quantitative estimate of drug-likeness (QED) is 0.102. The lowest BCUT2D eigenvalue weighted by atomic mass is 9.82. The van der Waals surface area contributed by atoms with E-state index < -0.39 is 58.0 Å². The number of hydrogen-bond donors (Lipinski definition) is 4. The van der Waals surface area contributed by atoms with E-state index in [4.69, 9.17) is 28.6 Å². The van der Waals surface area contributed by atoms with Gasteiger partial charge in [-0.05, 0) is 55.9 Å². The molecule has 4 aliphatic rings. The highest BCUT2D eigenvalue weighted by Gasteiger charge is 2.58. The Morgan fingerprint density at radius 1 is 0.593 bits per heavy atom. The average Bonchev–Trinajstić information content (AvgIpc) is 3.91. The molecule has 0 aliphatic carbocycles. The summed E-state index contributed by atoms with van der Waals surface area (Å²) in [6.45, 7) is -0.509. The largest absolute Gasteiger partial charge is 0.388 e. The van der Waals surface area contributed by atoms with Crippen molar-refractivity contribution in [2.75, 3.05) is 26.4 Å². The molecule has 16 nitrogen and oxygen atoms in total. The van der Waals surface area contributed by atoms with Crippen LogP contribution in [0.4, 0.5) is 0 Å². The molecule has 278 valence electrons. The predicted molar refractivity (Wildman–Crippen MR) is 186 cm³/mol. The molecule has 5 aromatic carbocycles. The fourth-order valence-electron chi connectivity index (χ4n) is 8.53. The van der Waals surface area contributed by atoms with Crippen LogP contribution in [0.5, 0.6) is 11.5 Å². The molecular weight excluding hydrogens is 708 g/mol. The van der Waals surface area contributed by atoms with Gasteiger partial charge in [0.1, 0.15) is 59.3 Å². The van der Waals surface area contributed by atoms with Crippen LogP contribution in [0.15, 0.2) is 84.9 Å². The summed E-state index contributed by atoms with van der Waals surface area (Å²) in [5.41, 5.74) is -1.28.